The highest BCUT2D eigenvalue weighted by Gasteiger charge is 2.24. The van der Waals surface area contributed by atoms with E-state index in [1.807, 2.05) is 0 Å². The van der Waals surface area contributed by atoms with Gasteiger partial charge in [0.2, 0.25) is 0 Å². The average Bonchev–Trinajstić information content (AvgIpc) is 3.21. The van der Waals surface area contributed by atoms with Crippen LogP contribution in [0.4, 0.5) is 45.5 Å². The molecule has 0 unspecified atom stereocenters. The van der Waals surface area contributed by atoms with Crippen LogP contribution in [0, 0.1) is 30.3 Å². The predicted octanol–water partition coefficient (Wildman–Crippen LogP) is 3.96. The molecular formula is C37H32N8O20. The van der Waals surface area contributed by atoms with Crippen LogP contribution in [0.1, 0.15) is 72.5 Å². The maximum atomic E-state index is 10.7. The summed E-state index contributed by atoms with van der Waals surface area (Å²) in [5.41, 5.74) is 23.5. The van der Waals surface area contributed by atoms with Crippen LogP contribution in [-0.2, 0) is 0 Å². The van der Waals surface area contributed by atoms with E-state index in [-0.39, 0.29) is 50.7 Å². The lowest BCUT2D eigenvalue weighted by molar-refractivity contribution is -0.385. The first-order valence-corrected chi connectivity index (χ1v) is 16.6. The maximum Gasteiger partial charge on any atom is 0.342 e. The van der Waals surface area contributed by atoms with Gasteiger partial charge < -0.3 is 64.4 Å². The molecule has 5 aromatic carbocycles. The highest BCUT2D eigenvalue weighted by Crippen LogP contribution is 2.26. The third-order valence-electron chi connectivity index (χ3n) is 7.41. The van der Waals surface area contributed by atoms with E-state index in [4.69, 9.17) is 64.4 Å². The summed E-state index contributed by atoms with van der Waals surface area (Å²) in [6.45, 7) is 0. The molecule has 0 atom stereocenters. The molecule has 28 nitrogen and oxygen atoms in total. The Kier molecular flexibility index (Phi) is 18.9. The number of non-ortho nitro benzene ring substituents is 1. The Hall–Kier alpha value is -10.4. The molecule has 0 heterocycles. The molecule has 0 bridgehead atoms. The van der Waals surface area contributed by atoms with E-state index in [0.29, 0.717) is 11.8 Å². The van der Waals surface area contributed by atoms with Crippen LogP contribution in [0.15, 0.2) is 91.0 Å². The first-order chi connectivity index (χ1) is 30.1. The van der Waals surface area contributed by atoms with Crippen molar-refractivity contribution in [3.05, 3.63) is 160 Å². The lowest BCUT2D eigenvalue weighted by atomic mass is 10.1. The van der Waals surface area contributed by atoms with Gasteiger partial charge in [-0.3, -0.25) is 30.3 Å². The Bertz CT molecular complexity index is 2630. The average molecular weight is 909 g/mol. The zero-order chi connectivity index (χ0) is 50.0. The molecule has 0 amide bonds. The fraction of sp³-hybridized carbons (Fsp3) is 0. The Morgan fingerprint density at radius 1 is 0.354 bits per heavy atom. The van der Waals surface area contributed by atoms with E-state index in [2.05, 4.69) is 0 Å². The molecule has 5 aromatic rings. The number of nitrogen functional groups attached to an aromatic ring is 5. The molecule has 0 aromatic heterocycles. The van der Waals surface area contributed by atoms with Gasteiger partial charge in [0.25, 0.3) is 17.1 Å². The molecular weight excluding hydrogens is 876 g/mol. The molecule has 0 saturated heterocycles. The minimum absolute atomic E-state index is 0.0121. The number of nitrogens with two attached hydrogens (primary N) is 5. The first kappa shape index (κ1) is 52.6. The van der Waals surface area contributed by atoms with Gasteiger partial charge in [-0.15, -0.1) is 0 Å². The molecule has 0 spiro atoms. The monoisotopic (exact) mass is 908 g/mol. The Balaban J connectivity index is 0.000000409. The van der Waals surface area contributed by atoms with Crippen molar-refractivity contribution in [2.24, 2.45) is 0 Å². The van der Waals surface area contributed by atoms with E-state index in [9.17, 15) is 63.9 Å². The number of nitro benzene ring substituents is 3. The van der Waals surface area contributed by atoms with Gasteiger partial charge in [0.1, 0.15) is 11.1 Å². The Labute approximate surface area is 360 Å². The van der Waals surface area contributed by atoms with Gasteiger partial charge >= 0.3 is 41.8 Å². The van der Waals surface area contributed by atoms with Crippen LogP contribution in [0.3, 0.4) is 0 Å². The van der Waals surface area contributed by atoms with Gasteiger partial charge in [-0.05, 0) is 66.7 Å². The van der Waals surface area contributed by atoms with Crippen molar-refractivity contribution in [2.45, 2.75) is 0 Å². The van der Waals surface area contributed by atoms with Gasteiger partial charge in [-0.2, -0.15) is 0 Å². The summed E-state index contributed by atoms with van der Waals surface area (Å²) in [5.74, 6) is -9.16. The van der Waals surface area contributed by atoms with E-state index >= 15 is 0 Å². The predicted molar refractivity (Wildman–Crippen MR) is 223 cm³/mol. The normalized spacial score (nSPS) is 9.54. The van der Waals surface area contributed by atoms with Gasteiger partial charge in [0.05, 0.1) is 42.6 Å². The molecule has 28 heteroatoms. The highest BCUT2D eigenvalue weighted by atomic mass is 16.6. The minimum Gasteiger partial charge on any atom is -0.478 e. The number of hydrogen-bond donors (Lipinski definition) is 12. The number of anilines is 5. The second kappa shape index (κ2) is 23.4. The molecule has 65 heavy (non-hydrogen) atoms. The smallest absolute Gasteiger partial charge is 0.342 e. The maximum absolute atomic E-state index is 10.7. The molecule has 0 aliphatic heterocycles. The van der Waals surface area contributed by atoms with Crippen molar-refractivity contribution in [1.29, 1.82) is 0 Å². The van der Waals surface area contributed by atoms with Gasteiger partial charge in [-0.25, -0.2) is 33.6 Å². The zero-order valence-corrected chi connectivity index (χ0v) is 32.3. The van der Waals surface area contributed by atoms with Crippen LogP contribution in [0.5, 0.6) is 0 Å². The number of hydrogen-bond acceptors (Lipinski definition) is 18. The lowest BCUT2D eigenvalue weighted by Gasteiger charge is -2.03. The number of nitrogens with zero attached hydrogens (tertiary/aromatic N) is 3. The van der Waals surface area contributed by atoms with Crippen molar-refractivity contribution in [3.8, 4) is 0 Å². The summed E-state index contributed by atoms with van der Waals surface area (Å²) in [6, 6.07) is 17.8. The summed E-state index contributed by atoms with van der Waals surface area (Å²) in [7, 11) is 0. The second-order valence-electron chi connectivity index (χ2n) is 11.8. The van der Waals surface area contributed by atoms with Gasteiger partial charge in [0.15, 0.2) is 0 Å². The van der Waals surface area contributed by atoms with Gasteiger partial charge in [0, 0.05) is 52.7 Å². The number of carbonyl (C=O) groups is 7. The lowest BCUT2D eigenvalue weighted by Crippen LogP contribution is -2.09. The molecule has 0 fully saturated rings. The fourth-order valence-corrected chi connectivity index (χ4v) is 4.39. The molecule has 17 N–H and O–H groups in total. The van der Waals surface area contributed by atoms with Crippen LogP contribution >= 0.6 is 0 Å². The van der Waals surface area contributed by atoms with Crippen molar-refractivity contribution in [2.75, 3.05) is 28.7 Å². The summed E-state index contributed by atoms with van der Waals surface area (Å²) in [4.78, 5) is 102. The summed E-state index contributed by atoms with van der Waals surface area (Å²) in [5, 5.41) is 91.2. The topological polar surface area (TPSA) is 521 Å². The number of nitro groups is 3. The van der Waals surface area contributed by atoms with Crippen molar-refractivity contribution < 1.29 is 84.1 Å². The number of benzene rings is 5. The quantitative estimate of drug-likeness (QED) is 0.0536. The zero-order valence-electron chi connectivity index (χ0n) is 32.3. The summed E-state index contributed by atoms with van der Waals surface area (Å²) in [6.07, 6.45) is 0. The molecule has 340 valence electrons. The Morgan fingerprint density at radius 2 is 0.754 bits per heavy atom. The molecule has 0 aliphatic carbocycles. The highest BCUT2D eigenvalue weighted by molar-refractivity contribution is 6.02. The summed E-state index contributed by atoms with van der Waals surface area (Å²) < 4.78 is 0. The third-order valence-corrected chi connectivity index (χ3v) is 7.41. The Morgan fingerprint density at radius 3 is 1.17 bits per heavy atom. The number of carboxylic acid groups (broad SMARTS) is 7. The van der Waals surface area contributed by atoms with Crippen LogP contribution in [0.2, 0.25) is 0 Å². The first-order valence-electron chi connectivity index (χ1n) is 16.6. The van der Waals surface area contributed by atoms with Crippen LogP contribution < -0.4 is 28.7 Å². The van der Waals surface area contributed by atoms with E-state index in [0.717, 1.165) is 36.4 Å². The van der Waals surface area contributed by atoms with Crippen LogP contribution in [0.25, 0.3) is 0 Å². The number of carboxylic acids is 7. The molecule has 0 saturated carbocycles. The molecule has 0 radical (unpaired) electrons. The standard InChI is InChI=1S/C8H6N2O6.C8H7NO4.2C7H6N2O4.C7H7NO2/c9-5-1-4(8(13)14)6(10(15)16)2-3(5)7(11)12;9-4-1-2-5(7(10)11)6(3-4)8(12)13;8-6-2-1-4(9(12)13)3-5(6)7(10)11;8-4-1-2-6(9(12)13)5(3-4)7(10)11;8-6-3-1-5(2-4-6)7(9)10/h1-2H,9H2,(H,11,12)(H,13,14);1-3H,9H2,(H,10,11)(H,12,13);2*1-3H,8H2,(H,10,11);1-4H,8H2,(H,9,10). The van der Waals surface area contributed by atoms with Crippen LogP contribution in [-0.4, -0.2) is 92.3 Å². The minimum atomic E-state index is -1.55. The van der Waals surface area contributed by atoms with E-state index < -0.39 is 84.6 Å². The van der Waals surface area contributed by atoms with Crippen molar-refractivity contribution >= 4 is 87.3 Å². The van der Waals surface area contributed by atoms with E-state index in [1.54, 1.807) is 12.1 Å². The number of aromatic carboxylic acids is 7. The van der Waals surface area contributed by atoms with Crippen molar-refractivity contribution in [3.63, 3.8) is 0 Å². The van der Waals surface area contributed by atoms with Gasteiger partial charge in [-0.1, -0.05) is 0 Å². The van der Waals surface area contributed by atoms with Crippen molar-refractivity contribution in [1.82, 2.24) is 0 Å². The van der Waals surface area contributed by atoms with E-state index in [1.165, 1.54) is 36.4 Å². The SMILES string of the molecule is Nc1cc(C(=O)O)c([N+](=O)[O-])cc1C(=O)O.Nc1ccc(C(=O)O)c(C(=O)O)c1.Nc1ccc(C(=O)O)cc1.Nc1ccc([N+](=O)[O-])c(C(=O)O)c1.Nc1ccc([N+](=O)[O-])cc1C(=O)O. The summed E-state index contributed by atoms with van der Waals surface area (Å²) >= 11 is 0. The molecule has 5 rings (SSSR count). The molecule has 0 aliphatic rings. The largest absolute Gasteiger partial charge is 0.478 e. The number of rotatable bonds is 10. The third kappa shape index (κ3) is 15.9. The second-order valence-corrected chi connectivity index (χ2v) is 11.8. The fourth-order valence-electron chi connectivity index (χ4n) is 4.39.